The van der Waals surface area contributed by atoms with E-state index < -0.39 is 17.6 Å². The number of aliphatic imine (C=N–C) groups is 1. The standard InChI is InChI=1S/C19H20BrN3O4S2/c1-19(2,3)27-18(25)23-17(28-4)22-15(24)16-21-14-11-6-5-10(20)9-12(11)26-8-7-13(14)29-16/h5-6,9H,7-8H2,1-4H3,(H,22,23,24,25). The van der Waals surface area contributed by atoms with E-state index in [1.54, 1.807) is 27.0 Å². The molecule has 2 amide bonds. The van der Waals surface area contributed by atoms with E-state index in [0.29, 0.717) is 18.0 Å². The number of benzene rings is 1. The van der Waals surface area contributed by atoms with Crippen LogP contribution >= 0.6 is 39.0 Å². The molecule has 3 rings (SSSR count). The Morgan fingerprint density at radius 1 is 1.38 bits per heavy atom. The quantitative estimate of drug-likeness (QED) is 0.445. The van der Waals surface area contributed by atoms with Gasteiger partial charge >= 0.3 is 6.09 Å². The van der Waals surface area contributed by atoms with Crippen LogP contribution in [0.2, 0.25) is 0 Å². The van der Waals surface area contributed by atoms with Crippen LogP contribution in [0.1, 0.15) is 35.5 Å². The Labute approximate surface area is 185 Å². The molecule has 0 saturated carbocycles. The second-order valence-corrected chi connectivity index (χ2v) is 9.88. The zero-order chi connectivity index (χ0) is 21.2. The summed E-state index contributed by atoms with van der Waals surface area (Å²) in [6.07, 6.45) is 1.62. The average molecular weight is 498 g/mol. The number of fused-ring (bicyclic) bond motifs is 3. The SMILES string of the molecule is CS/C(=N\C(=O)OC(C)(C)C)NC(=O)c1nc2c(s1)CCOc1cc(Br)ccc1-2. The first-order valence-corrected chi connectivity index (χ1v) is 11.6. The third-order valence-corrected chi connectivity index (χ3v) is 5.86. The van der Waals surface area contributed by atoms with Crippen molar-refractivity contribution in [1.29, 1.82) is 0 Å². The van der Waals surface area contributed by atoms with Gasteiger partial charge < -0.3 is 9.47 Å². The molecule has 29 heavy (non-hydrogen) atoms. The second-order valence-electron chi connectivity index (χ2n) is 7.09. The van der Waals surface area contributed by atoms with Crippen LogP contribution in [0.15, 0.2) is 27.7 Å². The Bertz CT molecular complexity index is 982. The lowest BCUT2D eigenvalue weighted by atomic mass is 10.1. The third kappa shape index (κ3) is 5.58. The summed E-state index contributed by atoms with van der Waals surface area (Å²) in [6, 6.07) is 5.72. The van der Waals surface area contributed by atoms with Crippen molar-refractivity contribution < 1.29 is 19.1 Å². The second kappa shape index (κ2) is 8.85. The molecule has 1 N–H and O–H groups in total. The molecule has 7 nitrogen and oxygen atoms in total. The fourth-order valence-electron chi connectivity index (χ4n) is 2.54. The molecule has 1 aromatic carbocycles. The number of thioether (sulfide) groups is 1. The van der Waals surface area contributed by atoms with E-state index in [1.807, 2.05) is 18.2 Å². The molecule has 0 saturated heterocycles. The van der Waals surface area contributed by atoms with Crippen LogP contribution < -0.4 is 10.1 Å². The summed E-state index contributed by atoms with van der Waals surface area (Å²) < 4.78 is 11.9. The number of thiazole rings is 1. The molecule has 1 aliphatic rings. The molecule has 2 heterocycles. The molecule has 0 atom stereocenters. The highest BCUT2D eigenvalue weighted by Gasteiger charge is 2.24. The minimum Gasteiger partial charge on any atom is -0.492 e. The van der Waals surface area contributed by atoms with Crippen LogP contribution in [0.25, 0.3) is 11.3 Å². The predicted molar refractivity (Wildman–Crippen MR) is 119 cm³/mol. The van der Waals surface area contributed by atoms with Crippen molar-refractivity contribution in [3.05, 3.63) is 32.6 Å². The van der Waals surface area contributed by atoms with Gasteiger partial charge in [0.15, 0.2) is 10.2 Å². The van der Waals surface area contributed by atoms with Crippen LogP contribution in [0.4, 0.5) is 4.79 Å². The number of carbonyl (C=O) groups is 2. The van der Waals surface area contributed by atoms with Gasteiger partial charge in [-0.1, -0.05) is 27.7 Å². The minimum absolute atomic E-state index is 0.155. The van der Waals surface area contributed by atoms with Crippen LogP contribution in [0.3, 0.4) is 0 Å². The summed E-state index contributed by atoms with van der Waals surface area (Å²) in [5.41, 5.74) is 0.935. The molecule has 0 fully saturated rings. The van der Waals surface area contributed by atoms with Crippen molar-refractivity contribution in [1.82, 2.24) is 10.3 Å². The summed E-state index contributed by atoms with van der Waals surface area (Å²) >= 11 is 5.90. The highest BCUT2D eigenvalue weighted by Crippen LogP contribution is 2.38. The van der Waals surface area contributed by atoms with Gasteiger partial charge in [-0.2, -0.15) is 4.99 Å². The summed E-state index contributed by atoms with van der Waals surface area (Å²) in [5.74, 6) is 0.311. The maximum atomic E-state index is 12.7. The highest BCUT2D eigenvalue weighted by molar-refractivity contribution is 9.10. The van der Waals surface area contributed by atoms with Gasteiger partial charge in [-0.25, -0.2) is 9.78 Å². The van der Waals surface area contributed by atoms with Crippen molar-refractivity contribution in [3.8, 4) is 17.0 Å². The summed E-state index contributed by atoms with van der Waals surface area (Å²) in [5, 5.41) is 3.10. The molecular weight excluding hydrogens is 478 g/mol. The van der Waals surface area contributed by atoms with Crippen LogP contribution in [-0.4, -0.2) is 40.6 Å². The molecule has 1 aromatic heterocycles. The number of halogens is 1. The summed E-state index contributed by atoms with van der Waals surface area (Å²) in [4.78, 5) is 33.9. The Balaban J connectivity index is 1.82. The maximum absolute atomic E-state index is 12.7. The number of hydrogen-bond donors (Lipinski definition) is 1. The van der Waals surface area contributed by atoms with E-state index in [2.05, 4.69) is 31.2 Å². The van der Waals surface area contributed by atoms with Crippen molar-refractivity contribution in [3.63, 3.8) is 0 Å². The predicted octanol–water partition coefficient (Wildman–Crippen LogP) is 4.89. The number of nitrogens with zero attached hydrogens (tertiary/aromatic N) is 2. The Hall–Kier alpha value is -1.91. The molecule has 0 spiro atoms. The topological polar surface area (TPSA) is 89.9 Å². The Morgan fingerprint density at radius 3 is 2.83 bits per heavy atom. The number of amides is 2. The summed E-state index contributed by atoms with van der Waals surface area (Å²) in [7, 11) is 0. The van der Waals surface area contributed by atoms with E-state index in [1.165, 1.54) is 11.3 Å². The van der Waals surface area contributed by atoms with Gasteiger partial charge in [0.05, 0.1) is 12.3 Å². The van der Waals surface area contributed by atoms with E-state index in [9.17, 15) is 9.59 Å². The number of hydrogen-bond acceptors (Lipinski definition) is 7. The van der Waals surface area contributed by atoms with E-state index in [0.717, 1.165) is 38.1 Å². The van der Waals surface area contributed by atoms with Crippen molar-refractivity contribution >= 4 is 56.2 Å². The van der Waals surface area contributed by atoms with Gasteiger partial charge in [-0.15, -0.1) is 11.3 Å². The van der Waals surface area contributed by atoms with E-state index in [-0.39, 0.29) is 5.17 Å². The number of carbonyl (C=O) groups excluding carboxylic acids is 2. The van der Waals surface area contributed by atoms with Gasteiger partial charge in [0.1, 0.15) is 11.4 Å². The van der Waals surface area contributed by atoms with Gasteiger partial charge in [0.25, 0.3) is 5.91 Å². The van der Waals surface area contributed by atoms with Gasteiger partial charge in [-0.3, -0.25) is 10.1 Å². The van der Waals surface area contributed by atoms with Crippen LogP contribution in [0.5, 0.6) is 5.75 Å². The fourth-order valence-corrected chi connectivity index (χ4v) is 4.19. The molecule has 1 aliphatic heterocycles. The zero-order valence-corrected chi connectivity index (χ0v) is 19.6. The average Bonchev–Trinajstić information content (AvgIpc) is 2.96. The molecule has 154 valence electrons. The van der Waals surface area contributed by atoms with Crippen LogP contribution in [-0.2, 0) is 11.2 Å². The van der Waals surface area contributed by atoms with E-state index >= 15 is 0 Å². The first-order valence-electron chi connectivity index (χ1n) is 8.75. The minimum atomic E-state index is -0.756. The lowest BCUT2D eigenvalue weighted by Crippen LogP contribution is -2.30. The molecule has 2 aromatic rings. The third-order valence-electron chi connectivity index (χ3n) is 3.68. The number of rotatable bonds is 1. The van der Waals surface area contributed by atoms with Crippen molar-refractivity contribution in [2.45, 2.75) is 32.8 Å². The summed E-state index contributed by atoms with van der Waals surface area (Å²) in [6.45, 7) is 5.76. The van der Waals surface area contributed by atoms with Crippen LogP contribution in [0, 0.1) is 0 Å². The number of amidine groups is 1. The monoisotopic (exact) mass is 497 g/mol. The molecule has 0 unspecified atom stereocenters. The molecule has 10 heteroatoms. The highest BCUT2D eigenvalue weighted by atomic mass is 79.9. The van der Waals surface area contributed by atoms with Gasteiger partial charge in [0, 0.05) is 21.3 Å². The first kappa shape index (κ1) is 21.8. The molecule has 0 bridgehead atoms. The van der Waals surface area contributed by atoms with Crippen molar-refractivity contribution in [2.75, 3.05) is 12.9 Å². The molecule has 0 aliphatic carbocycles. The fraction of sp³-hybridized carbons (Fsp3) is 0.368. The van der Waals surface area contributed by atoms with E-state index in [4.69, 9.17) is 9.47 Å². The van der Waals surface area contributed by atoms with Gasteiger partial charge in [-0.05, 0) is 45.2 Å². The smallest absolute Gasteiger partial charge is 0.436 e. The first-order chi connectivity index (χ1) is 13.7. The largest absolute Gasteiger partial charge is 0.492 e. The zero-order valence-electron chi connectivity index (χ0n) is 16.4. The number of aromatic nitrogens is 1. The number of ether oxygens (including phenoxy) is 2. The maximum Gasteiger partial charge on any atom is 0.436 e. The Morgan fingerprint density at radius 2 is 2.14 bits per heavy atom. The van der Waals surface area contributed by atoms with Crippen molar-refractivity contribution in [2.24, 2.45) is 4.99 Å². The molecular formula is C19H20BrN3O4S2. The normalized spacial score (nSPS) is 13.6. The number of nitrogens with one attached hydrogen (secondary N) is 1. The lowest BCUT2D eigenvalue weighted by Gasteiger charge is -2.17. The Kier molecular flexibility index (Phi) is 6.65. The molecule has 0 radical (unpaired) electrons. The van der Waals surface area contributed by atoms with Gasteiger partial charge in [0.2, 0.25) is 0 Å². The lowest BCUT2D eigenvalue weighted by molar-refractivity contribution is 0.0604.